The lowest BCUT2D eigenvalue weighted by molar-refractivity contribution is -0.113. The molecule has 0 N–H and O–H groups in total. The molecule has 0 saturated carbocycles. The number of rotatable bonds is 3. The molecule has 3 aromatic carbocycles. The maximum absolute atomic E-state index is 13.8. The predicted molar refractivity (Wildman–Crippen MR) is 136 cm³/mol. The molecular weight excluding hydrogens is 434 g/mol. The Morgan fingerprint density at radius 2 is 1.66 bits per heavy atom. The summed E-state index contributed by atoms with van der Waals surface area (Å²) in [7, 11) is 2.02. The van der Waals surface area contributed by atoms with Crippen LogP contribution in [0.25, 0.3) is 0 Å². The number of para-hydroxylation sites is 1. The van der Waals surface area contributed by atoms with Gasteiger partial charge >= 0.3 is 0 Å². The fourth-order valence-electron chi connectivity index (χ4n) is 3.86. The van der Waals surface area contributed by atoms with Crippen LogP contribution in [0, 0.1) is 6.92 Å². The minimum absolute atomic E-state index is 0.0261. The third-order valence-electron chi connectivity index (χ3n) is 5.56. The van der Waals surface area contributed by atoms with Gasteiger partial charge in [-0.05, 0) is 61.0 Å². The highest BCUT2D eigenvalue weighted by atomic mass is 32.2. The quantitative estimate of drug-likeness (QED) is 0.415. The number of carbonyl (C=O) groups excluding carboxylic acids is 1. The average molecular weight is 458 g/mol. The molecule has 1 unspecified atom stereocenters. The highest BCUT2D eigenvalue weighted by molar-refractivity contribution is 8.20. The summed E-state index contributed by atoms with van der Waals surface area (Å²) in [5.41, 5.74) is 4.20. The Morgan fingerprint density at radius 3 is 2.41 bits per heavy atom. The molecule has 0 spiro atoms. The second-order valence-corrected chi connectivity index (χ2v) is 9.85. The van der Waals surface area contributed by atoms with Crippen molar-refractivity contribution in [2.45, 2.75) is 24.8 Å². The Balaban J connectivity index is 1.59. The maximum Gasteiger partial charge on any atom is 0.274 e. The summed E-state index contributed by atoms with van der Waals surface area (Å²) >= 11 is 3.11. The molecule has 1 atom stereocenters. The first-order valence-corrected chi connectivity index (χ1v) is 12.1. The lowest BCUT2D eigenvalue weighted by atomic mass is 10.1. The number of benzene rings is 3. The average Bonchev–Trinajstić information content (AvgIpc) is 3.30. The van der Waals surface area contributed by atoms with Crippen molar-refractivity contribution in [1.29, 1.82) is 0 Å². The molecule has 32 heavy (non-hydrogen) atoms. The third-order valence-corrected chi connectivity index (χ3v) is 7.97. The molecule has 0 aliphatic carbocycles. The van der Waals surface area contributed by atoms with Crippen LogP contribution < -0.4 is 9.80 Å². The molecule has 0 bridgehead atoms. The first-order chi connectivity index (χ1) is 15.5. The van der Waals surface area contributed by atoms with Gasteiger partial charge in [0.1, 0.15) is 4.91 Å². The Labute approximate surface area is 197 Å². The number of amidine groups is 1. The molecule has 0 aromatic heterocycles. The molecule has 5 rings (SSSR count). The summed E-state index contributed by atoms with van der Waals surface area (Å²) in [4.78, 5) is 24.5. The molecule has 0 radical (unpaired) electrons. The van der Waals surface area contributed by atoms with E-state index in [1.807, 2.05) is 68.6 Å². The van der Waals surface area contributed by atoms with Crippen molar-refractivity contribution in [2.75, 3.05) is 16.8 Å². The van der Waals surface area contributed by atoms with Crippen molar-refractivity contribution in [3.8, 4) is 0 Å². The number of fused-ring (bicyclic) bond motifs is 1. The number of anilines is 2. The molecule has 160 valence electrons. The standard InChI is InChI=1S/C26H23N3OS2/c1-17-10-9-13-20(16-17)29-24(30)23(25-28(3)21-14-7-8-15-22(21)31-25)32-26(29)27-18(2)19-11-5-4-6-12-19/h4-16,18H,1-3H3/b25-23-,27-26?. The van der Waals surface area contributed by atoms with E-state index in [4.69, 9.17) is 4.99 Å². The third kappa shape index (κ3) is 3.74. The first kappa shape index (κ1) is 20.9. The van der Waals surface area contributed by atoms with Crippen molar-refractivity contribution in [2.24, 2.45) is 4.99 Å². The minimum atomic E-state index is -0.0608. The smallest absolute Gasteiger partial charge is 0.274 e. The summed E-state index contributed by atoms with van der Waals surface area (Å²) in [6.45, 7) is 4.11. The van der Waals surface area contributed by atoms with E-state index >= 15 is 0 Å². The van der Waals surface area contributed by atoms with Gasteiger partial charge in [-0.3, -0.25) is 14.7 Å². The molecule has 1 fully saturated rings. The SMILES string of the molecule is Cc1cccc(N2C(=O)/C(=C3/Sc4ccccc4N3C)SC2=NC(C)c2ccccc2)c1. The van der Waals surface area contributed by atoms with E-state index in [0.717, 1.165) is 32.4 Å². The van der Waals surface area contributed by atoms with Crippen LogP contribution in [0.2, 0.25) is 0 Å². The predicted octanol–water partition coefficient (Wildman–Crippen LogP) is 6.60. The molecule has 2 heterocycles. The monoisotopic (exact) mass is 457 g/mol. The summed E-state index contributed by atoms with van der Waals surface area (Å²) < 4.78 is 0. The van der Waals surface area contributed by atoms with E-state index in [1.165, 1.54) is 11.8 Å². The molecule has 4 nitrogen and oxygen atoms in total. The van der Waals surface area contributed by atoms with Crippen LogP contribution in [0.4, 0.5) is 11.4 Å². The van der Waals surface area contributed by atoms with Crippen LogP contribution in [0.1, 0.15) is 24.1 Å². The van der Waals surface area contributed by atoms with Crippen molar-refractivity contribution in [3.63, 3.8) is 0 Å². The number of thioether (sulfide) groups is 2. The largest absolute Gasteiger partial charge is 0.337 e. The van der Waals surface area contributed by atoms with Gasteiger partial charge in [-0.2, -0.15) is 0 Å². The number of hydrogen-bond acceptors (Lipinski definition) is 5. The second-order valence-electron chi connectivity index (χ2n) is 7.84. The number of aryl methyl sites for hydroxylation is 1. The van der Waals surface area contributed by atoms with Crippen LogP contribution in [0.5, 0.6) is 0 Å². The highest BCUT2D eigenvalue weighted by Gasteiger charge is 2.40. The fraction of sp³-hybridized carbons (Fsp3) is 0.154. The number of aliphatic imine (C=N–C) groups is 1. The van der Waals surface area contributed by atoms with Crippen LogP contribution in [-0.4, -0.2) is 18.1 Å². The zero-order valence-corrected chi connectivity index (χ0v) is 19.8. The van der Waals surface area contributed by atoms with Gasteiger partial charge < -0.3 is 4.90 Å². The first-order valence-electron chi connectivity index (χ1n) is 10.5. The molecule has 2 aliphatic heterocycles. The molecular formula is C26H23N3OS2. The van der Waals surface area contributed by atoms with Crippen molar-refractivity contribution in [1.82, 2.24) is 0 Å². The van der Waals surface area contributed by atoms with Gasteiger partial charge in [-0.15, -0.1) is 0 Å². The van der Waals surface area contributed by atoms with E-state index < -0.39 is 0 Å². The molecule has 2 aliphatic rings. The number of hydrogen-bond donors (Lipinski definition) is 0. The van der Waals surface area contributed by atoms with Crippen LogP contribution >= 0.6 is 23.5 Å². The highest BCUT2D eigenvalue weighted by Crippen LogP contribution is 2.50. The van der Waals surface area contributed by atoms with E-state index in [9.17, 15) is 4.79 Å². The topological polar surface area (TPSA) is 35.9 Å². The van der Waals surface area contributed by atoms with Gasteiger partial charge in [0.2, 0.25) is 0 Å². The molecule has 6 heteroatoms. The number of carbonyl (C=O) groups is 1. The van der Waals surface area contributed by atoms with Crippen LogP contribution in [-0.2, 0) is 4.79 Å². The second kappa shape index (κ2) is 8.52. The molecule has 1 saturated heterocycles. The van der Waals surface area contributed by atoms with Crippen LogP contribution in [0.15, 0.2) is 98.7 Å². The maximum atomic E-state index is 13.8. The lowest BCUT2D eigenvalue weighted by Gasteiger charge is -2.18. The van der Waals surface area contributed by atoms with Gasteiger partial charge in [-0.25, -0.2) is 0 Å². The minimum Gasteiger partial charge on any atom is -0.337 e. The summed E-state index contributed by atoms with van der Waals surface area (Å²) in [5.74, 6) is -0.0261. The number of amides is 1. The van der Waals surface area contributed by atoms with Gasteiger partial charge in [0.15, 0.2) is 5.17 Å². The molecule has 3 aromatic rings. The van der Waals surface area contributed by atoms with Gasteiger partial charge in [0, 0.05) is 11.9 Å². The Morgan fingerprint density at radius 1 is 0.906 bits per heavy atom. The van der Waals surface area contributed by atoms with Gasteiger partial charge in [0.25, 0.3) is 5.91 Å². The lowest BCUT2D eigenvalue weighted by Crippen LogP contribution is -2.29. The van der Waals surface area contributed by atoms with E-state index in [0.29, 0.717) is 10.1 Å². The van der Waals surface area contributed by atoms with Crippen molar-refractivity contribution < 1.29 is 4.79 Å². The number of nitrogens with zero attached hydrogens (tertiary/aromatic N) is 3. The van der Waals surface area contributed by atoms with Crippen molar-refractivity contribution in [3.05, 3.63) is 99.9 Å². The van der Waals surface area contributed by atoms with Crippen molar-refractivity contribution >= 4 is 46.0 Å². The summed E-state index contributed by atoms with van der Waals surface area (Å²) in [5, 5.41) is 1.67. The van der Waals surface area contributed by atoms with E-state index in [1.54, 1.807) is 16.7 Å². The zero-order chi connectivity index (χ0) is 22.2. The van der Waals surface area contributed by atoms with Gasteiger partial charge in [-0.1, -0.05) is 66.4 Å². The summed E-state index contributed by atoms with van der Waals surface area (Å²) in [6.07, 6.45) is 0. The van der Waals surface area contributed by atoms with E-state index in [2.05, 4.69) is 36.1 Å². The van der Waals surface area contributed by atoms with E-state index in [-0.39, 0.29) is 11.9 Å². The fourth-order valence-corrected chi connectivity index (χ4v) is 6.26. The molecule has 1 amide bonds. The Bertz CT molecular complexity index is 1250. The normalized spacial score (nSPS) is 20.2. The Kier molecular flexibility index (Phi) is 5.57. The zero-order valence-electron chi connectivity index (χ0n) is 18.1. The summed E-state index contributed by atoms with van der Waals surface area (Å²) in [6, 6.07) is 26.4. The van der Waals surface area contributed by atoms with Crippen LogP contribution in [0.3, 0.4) is 0 Å². The Hall–Kier alpha value is -2.96. The van der Waals surface area contributed by atoms with Gasteiger partial charge in [0.05, 0.1) is 22.4 Å².